The molecule has 0 aliphatic heterocycles. The molecule has 0 saturated carbocycles. The van der Waals surface area contributed by atoms with Crippen LogP contribution >= 0.6 is 0 Å². The van der Waals surface area contributed by atoms with Crippen molar-refractivity contribution < 1.29 is 17.7 Å². The van der Waals surface area contributed by atoms with Crippen LogP contribution in [0.2, 0.25) is 0 Å². The summed E-state index contributed by atoms with van der Waals surface area (Å²) in [5.74, 6) is 0.511. The molecule has 2 N–H and O–H groups in total. The first-order chi connectivity index (χ1) is 8.80. The van der Waals surface area contributed by atoms with Crippen LogP contribution < -0.4 is 5.73 Å². The Hall–Kier alpha value is -1.98. The van der Waals surface area contributed by atoms with Gasteiger partial charge in [0.25, 0.3) is 0 Å². The van der Waals surface area contributed by atoms with Crippen molar-refractivity contribution in [2.24, 2.45) is 0 Å². The SMILES string of the molecule is CC(C)c1c(N)noc1-c1cccc(C(F)(F)F)c1. The zero-order valence-electron chi connectivity index (χ0n) is 10.5. The summed E-state index contributed by atoms with van der Waals surface area (Å²) in [6.07, 6.45) is -4.39. The second-order valence-electron chi connectivity index (χ2n) is 4.54. The molecule has 19 heavy (non-hydrogen) atoms. The fraction of sp³-hybridized carbons (Fsp3) is 0.308. The third kappa shape index (κ3) is 2.57. The first-order valence-corrected chi connectivity index (χ1v) is 5.73. The van der Waals surface area contributed by atoms with Crippen LogP contribution in [0.25, 0.3) is 11.3 Å². The lowest BCUT2D eigenvalue weighted by Crippen LogP contribution is -2.04. The highest BCUT2D eigenvalue weighted by molar-refractivity contribution is 5.67. The average Bonchev–Trinajstić information content (AvgIpc) is 2.70. The lowest BCUT2D eigenvalue weighted by atomic mass is 9.98. The molecule has 102 valence electrons. The van der Waals surface area contributed by atoms with E-state index in [4.69, 9.17) is 10.3 Å². The first kappa shape index (κ1) is 13.5. The number of alkyl halides is 3. The van der Waals surface area contributed by atoms with Crippen molar-refractivity contribution in [3.8, 4) is 11.3 Å². The fourth-order valence-electron chi connectivity index (χ4n) is 1.91. The maximum atomic E-state index is 12.7. The largest absolute Gasteiger partial charge is 0.416 e. The summed E-state index contributed by atoms with van der Waals surface area (Å²) in [7, 11) is 0. The molecule has 0 aliphatic rings. The van der Waals surface area contributed by atoms with E-state index in [1.54, 1.807) is 6.07 Å². The van der Waals surface area contributed by atoms with E-state index in [1.807, 2.05) is 13.8 Å². The highest BCUT2D eigenvalue weighted by atomic mass is 19.4. The van der Waals surface area contributed by atoms with E-state index in [9.17, 15) is 13.2 Å². The average molecular weight is 270 g/mol. The fourth-order valence-corrected chi connectivity index (χ4v) is 1.91. The Morgan fingerprint density at radius 2 is 1.95 bits per heavy atom. The van der Waals surface area contributed by atoms with Crippen LogP contribution in [-0.2, 0) is 6.18 Å². The van der Waals surface area contributed by atoms with Crippen LogP contribution in [0.5, 0.6) is 0 Å². The number of nitrogens with two attached hydrogens (primary N) is 1. The molecule has 1 aromatic heterocycles. The highest BCUT2D eigenvalue weighted by Gasteiger charge is 2.31. The summed E-state index contributed by atoms with van der Waals surface area (Å²) in [5.41, 5.74) is 5.90. The number of anilines is 1. The summed E-state index contributed by atoms with van der Waals surface area (Å²) in [4.78, 5) is 0. The molecule has 0 saturated heterocycles. The normalized spacial score (nSPS) is 12.1. The van der Waals surface area contributed by atoms with E-state index in [-0.39, 0.29) is 11.7 Å². The molecule has 0 spiro atoms. The van der Waals surface area contributed by atoms with E-state index >= 15 is 0 Å². The number of nitrogen functional groups attached to an aromatic ring is 1. The Morgan fingerprint density at radius 1 is 1.26 bits per heavy atom. The Bertz CT molecular complexity index is 588. The minimum absolute atomic E-state index is 0.00999. The van der Waals surface area contributed by atoms with Crippen molar-refractivity contribution in [2.45, 2.75) is 25.9 Å². The zero-order chi connectivity index (χ0) is 14.2. The monoisotopic (exact) mass is 270 g/mol. The van der Waals surface area contributed by atoms with Gasteiger partial charge in [-0.05, 0) is 18.1 Å². The third-order valence-electron chi connectivity index (χ3n) is 2.79. The number of hydrogen-bond donors (Lipinski definition) is 1. The van der Waals surface area contributed by atoms with Gasteiger partial charge in [-0.3, -0.25) is 0 Å². The van der Waals surface area contributed by atoms with Crippen LogP contribution in [0.15, 0.2) is 28.8 Å². The smallest absolute Gasteiger partial charge is 0.381 e. The van der Waals surface area contributed by atoms with Crippen molar-refractivity contribution >= 4 is 5.82 Å². The molecule has 2 rings (SSSR count). The van der Waals surface area contributed by atoms with Gasteiger partial charge < -0.3 is 10.3 Å². The molecule has 1 aromatic carbocycles. The molecule has 0 unspecified atom stereocenters. The van der Waals surface area contributed by atoms with Gasteiger partial charge in [-0.15, -0.1) is 0 Å². The van der Waals surface area contributed by atoms with Crippen LogP contribution in [0.3, 0.4) is 0 Å². The molecule has 6 heteroatoms. The van der Waals surface area contributed by atoms with Crippen molar-refractivity contribution in [2.75, 3.05) is 5.73 Å². The molecular formula is C13H13F3N2O. The van der Waals surface area contributed by atoms with E-state index < -0.39 is 11.7 Å². The van der Waals surface area contributed by atoms with Gasteiger partial charge in [0.05, 0.1) is 5.56 Å². The minimum atomic E-state index is -4.39. The number of aromatic nitrogens is 1. The number of rotatable bonds is 2. The summed E-state index contributed by atoms with van der Waals surface area (Å²) in [6, 6.07) is 4.92. The maximum absolute atomic E-state index is 12.7. The Balaban J connectivity index is 2.54. The molecule has 0 aliphatic carbocycles. The van der Waals surface area contributed by atoms with Crippen molar-refractivity contribution in [3.63, 3.8) is 0 Å². The molecule has 0 radical (unpaired) electrons. The van der Waals surface area contributed by atoms with Crippen LogP contribution in [0.1, 0.15) is 30.9 Å². The Kier molecular flexibility index (Phi) is 3.26. The van der Waals surface area contributed by atoms with Gasteiger partial charge in [-0.1, -0.05) is 31.1 Å². The van der Waals surface area contributed by atoms with Gasteiger partial charge in [0.2, 0.25) is 0 Å². The van der Waals surface area contributed by atoms with Gasteiger partial charge in [0.15, 0.2) is 11.6 Å². The molecule has 0 atom stereocenters. The van der Waals surface area contributed by atoms with Gasteiger partial charge in [0.1, 0.15) is 0 Å². The maximum Gasteiger partial charge on any atom is 0.416 e. The van der Waals surface area contributed by atoms with Crippen molar-refractivity contribution in [1.82, 2.24) is 5.16 Å². The highest BCUT2D eigenvalue weighted by Crippen LogP contribution is 2.36. The zero-order valence-corrected chi connectivity index (χ0v) is 10.5. The molecule has 0 bridgehead atoms. The number of benzene rings is 1. The first-order valence-electron chi connectivity index (χ1n) is 5.73. The molecule has 0 amide bonds. The van der Waals surface area contributed by atoms with E-state index in [0.717, 1.165) is 12.1 Å². The van der Waals surface area contributed by atoms with Gasteiger partial charge in [-0.2, -0.15) is 13.2 Å². The van der Waals surface area contributed by atoms with Crippen LogP contribution in [0.4, 0.5) is 19.0 Å². The number of hydrogen-bond acceptors (Lipinski definition) is 3. The molecule has 2 aromatic rings. The van der Waals surface area contributed by atoms with Crippen molar-refractivity contribution in [1.29, 1.82) is 0 Å². The number of halogens is 3. The van der Waals surface area contributed by atoms with Crippen molar-refractivity contribution in [3.05, 3.63) is 35.4 Å². The second-order valence-corrected chi connectivity index (χ2v) is 4.54. The predicted molar refractivity (Wildman–Crippen MR) is 65.4 cm³/mol. The lowest BCUT2D eigenvalue weighted by Gasteiger charge is -2.09. The van der Waals surface area contributed by atoms with Crippen LogP contribution in [0, 0.1) is 0 Å². The Labute approximate surface area is 108 Å². The molecular weight excluding hydrogens is 257 g/mol. The van der Waals surface area contributed by atoms with E-state index in [1.165, 1.54) is 6.07 Å². The second kappa shape index (κ2) is 4.60. The lowest BCUT2D eigenvalue weighted by molar-refractivity contribution is -0.137. The Morgan fingerprint density at radius 3 is 2.53 bits per heavy atom. The van der Waals surface area contributed by atoms with Gasteiger partial charge >= 0.3 is 6.18 Å². The minimum Gasteiger partial charge on any atom is -0.381 e. The van der Waals surface area contributed by atoms with E-state index in [0.29, 0.717) is 16.9 Å². The summed E-state index contributed by atoms with van der Waals surface area (Å²) in [5, 5.41) is 3.63. The summed E-state index contributed by atoms with van der Waals surface area (Å²) in [6.45, 7) is 3.75. The molecule has 0 fully saturated rings. The molecule has 3 nitrogen and oxygen atoms in total. The summed E-state index contributed by atoms with van der Waals surface area (Å²) < 4.78 is 43.1. The van der Waals surface area contributed by atoms with Gasteiger partial charge in [0, 0.05) is 11.1 Å². The third-order valence-corrected chi connectivity index (χ3v) is 2.79. The number of nitrogens with zero attached hydrogens (tertiary/aromatic N) is 1. The quantitative estimate of drug-likeness (QED) is 0.895. The van der Waals surface area contributed by atoms with E-state index in [2.05, 4.69) is 5.16 Å². The molecule has 1 heterocycles. The van der Waals surface area contributed by atoms with Crippen LogP contribution in [-0.4, -0.2) is 5.16 Å². The topological polar surface area (TPSA) is 52.0 Å². The standard InChI is InChI=1S/C13H13F3N2O/c1-7(2)10-11(19-18-12(10)17)8-4-3-5-9(6-8)13(14,15)16/h3-7H,1-2H3,(H2,17,18). The van der Waals surface area contributed by atoms with Gasteiger partial charge in [-0.25, -0.2) is 0 Å². The summed E-state index contributed by atoms with van der Waals surface area (Å²) >= 11 is 0. The predicted octanol–water partition coefficient (Wildman–Crippen LogP) is 4.07.